The van der Waals surface area contributed by atoms with Crippen molar-refractivity contribution in [3.8, 4) is 11.1 Å². The fourth-order valence-electron chi connectivity index (χ4n) is 4.37. The Hall–Kier alpha value is -3.61. The molecule has 3 rings (SSSR count). The molecule has 1 aliphatic rings. The number of aliphatic hydroxyl groups excluding tert-OH is 3. The minimum absolute atomic E-state index is 0.156. The van der Waals surface area contributed by atoms with Crippen molar-refractivity contribution >= 4 is 17.8 Å². The lowest BCUT2D eigenvalue weighted by Crippen LogP contribution is -2.68. The van der Waals surface area contributed by atoms with Crippen molar-refractivity contribution in [1.82, 2.24) is 10.6 Å². The molecule has 39 heavy (non-hydrogen) atoms. The zero-order chi connectivity index (χ0) is 28.6. The lowest BCUT2D eigenvalue weighted by molar-refractivity contribution is -0.308. The van der Waals surface area contributed by atoms with E-state index < -0.39 is 67.0 Å². The van der Waals surface area contributed by atoms with Crippen LogP contribution in [0, 0.1) is 0 Å². The third kappa shape index (κ3) is 7.28. The van der Waals surface area contributed by atoms with Gasteiger partial charge in [0.1, 0.15) is 12.2 Å². The van der Waals surface area contributed by atoms with Crippen molar-refractivity contribution in [3.05, 3.63) is 72.8 Å². The molecule has 0 aromatic heterocycles. The highest BCUT2D eigenvalue weighted by atomic mass is 16.7. The molecule has 1 heterocycles. The number of nitrogens with one attached hydrogen (secondary N) is 2. The largest absolute Gasteiger partial charge is 0.465 e. The van der Waals surface area contributed by atoms with Crippen molar-refractivity contribution in [3.63, 3.8) is 0 Å². The Kier molecular flexibility index (Phi) is 10.3. The second kappa shape index (κ2) is 13.5. The molecule has 2 aromatic rings. The number of carbonyl (C=O) groups is 3. The Bertz CT molecular complexity index is 1140. The van der Waals surface area contributed by atoms with Gasteiger partial charge in [0.25, 0.3) is 11.7 Å². The fraction of sp³-hybridized carbons (Fsp3) is 0.393. The summed E-state index contributed by atoms with van der Waals surface area (Å²) in [5.41, 5.74) is 2.25. The summed E-state index contributed by atoms with van der Waals surface area (Å²) in [6.45, 7) is 4.17. The Morgan fingerprint density at radius 3 is 2.36 bits per heavy atom. The number of esters is 1. The minimum atomic E-state index is -2.13. The monoisotopic (exact) mass is 542 g/mol. The van der Waals surface area contributed by atoms with Crippen LogP contribution in [-0.4, -0.2) is 89.6 Å². The van der Waals surface area contributed by atoms with E-state index in [1.165, 1.54) is 13.0 Å². The lowest BCUT2D eigenvalue weighted by Gasteiger charge is -2.46. The number of benzene rings is 2. The van der Waals surface area contributed by atoms with Crippen LogP contribution in [0.3, 0.4) is 0 Å². The van der Waals surface area contributed by atoms with E-state index in [0.29, 0.717) is 5.56 Å². The molecule has 0 aliphatic carbocycles. The predicted molar refractivity (Wildman–Crippen MR) is 140 cm³/mol. The molecular weight excluding hydrogens is 508 g/mol. The smallest absolute Gasteiger partial charge is 0.366 e. The molecule has 2 amide bonds. The van der Waals surface area contributed by atoms with Gasteiger partial charge in [-0.15, -0.1) is 6.58 Å². The van der Waals surface area contributed by atoms with Gasteiger partial charge >= 0.3 is 5.97 Å². The number of rotatable bonds is 11. The van der Waals surface area contributed by atoms with Crippen molar-refractivity contribution in [2.24, 2.45) is 0 Å². The van der Waals surface area contributed by atoms with E-state index in [2.05, 4.69) is 17.2 Å². The third-order valence-corrected chi connectivity index (χ3v) is 6.33. The summed E-state index contributed by atoms with van der Waals surface area (Å²) in [4.78, 5) is 37.1. The fourth-order valence-corrected chi connectivity index (χ4v) is 4.37. The first kappa shape index (κ1) is 29.9. The number of carbonyl (C=O) groups excluding carboxylic acids is 3. The van der Waals surface area contributed by atoms with Gasteiger partial charge < -0.3 is 40.2 Å². The van der Waals surface area contributed by atoms with Crippen molar-refractivity contribution in [1.29, 1.82) is 0 Å². The van der Waals surface area contributed by atoms with Gasteiger partial charge in [-0.05, 0) is 23.3 Å². The van der Waals surface area contributed by atoms with Gasteiger partial charge in [0.15, 0.2) is 0 Å². The zero-order valence-electron chi connectivity index (χ0n) is 21.8. The number of ether oxygens (including phenoxy) is 3. The SMILES string of the molecule is C=CCOC1(C(=O)OC)CC(O)C(NC(C)=O)C([C@H](O)C(O)CNC(=O)c2ccc(-c3ccccc3)cc2)O1. The van der Waals surface area contributed by atoms with E-state index in [0.717, 1.165) is 18.2 Å². The highest BCUT2D eigenvalue weighted by Gasteiger charge is 2.56. The predicted octanol–water partition coefficient (Wildman–Crippen LogP) is 0.532. The topological polar surface area (TPSA) is 164 Å². The van der Waals surface area contributed by atoms with E-state index >= 15 is 0 Å². The summed E-state index contributed by atoms with van der Waals surface area (Å²) >= 11 is 0. The van der Waals surface area contributed by atoms with Crippen LogP contribution in [-0.2, 0) is 23.8 Å². The number of hydrogen-bond acceptors (Lipinski definition) is 9. The Morgan fingerprint density at radius 1 is 1.13 bits per heavy atom. The summed E-state index contributed by atoms with van der Waals surface area (Å²) in [6.07, 6.45) is -5.39. The van der Waals surface area contributed by atoms with Crippen molar-refractivity contribution < 1.29 is 43.9 Å². The Balaban J connectivity index is 1.73. The standard InChI is InChI=1S/C28H34N2O9/c1-4-14-38-28(27(36)37-3)15-21(32)23(30-17(2)31)25(39-28)24(34)22(33)16-29-26(35)20-12-10-19(11-13-20)18-8-6-5-7-9-18/h4-13,21-25,32-34H,1,14-16H2,2-3H3,(H,29,35)(H,30,31)/t21?,22?,23?,24-,25?,28?/m1/s1. The summed E-state index contributed by atoms with van der Waals surface area (Å²) < 4.78 is 16.1. The van der Waals surface area contributed by atoms with Crippen LogP contribution in [0.25, 0.3) is 11.1 Å². The summed E-state index contributed by atoms with van der Waals surface area (Å²) in [5.74, 6) is -4.16. The van der Waals surface area contributed by atoms with Crippen LogP contribution in [0.5, 0.6) is 0 Å². The molecule has 0 bridgehead atoms. The quantitative estimate of drug-likeness (QED) is 0.201. The third-order valence-electron chi connectivity index (χ3n) is 6.33. The second-order valence-corrected chi connectivity index (χ2v) is 9.14. The molecule has 1 saturated heterocycles. The van der Waals surface area contributed by atoms with E-state index in [-0.39, 0.29) is 6.61 Å². The average Bonchev–Trinajstić information content (AvgIpc) is 2.95. The van der Waals surface area contributed by atoms with Gasteiger partial charge in [0, 0.05) is 25.5 Å². The number of amides is 2. The van der Waals surface area contributed by atoms with Crippen LogP contribution in [0.15, 0.2) is 67.3 Å². The van der Waals surface area contributed by atoms with Crippen LogP contribution < -0.4 is 10.6 Å². The first-order valence-corrected chi connectivity index (χ1v) is 12.4. The highest BCUT2D eigenvalue weighted by molar-refractivity contribution is 5.94. The maximum atomic E-state index is 12.7. The zero-order valence-corrected chi connectivity index (χ0v) is 21.8. The van der Waals surface area contributed by atoms with Gasteiger partial charge in [-0.2, -0.15) is 0 Å². The molecule has 0 radical (unpaired) electrons. The van der Waals surface area contributed by atoms with E-state index in [4.69, 9.17) is 14.2 Å². The molecular formula is C28H34N2O9. The Labute approximate surface area is 226 Å². The van der Waals surface area contributed by atoms with Crippen LogP contribution >= 0.6 is 0 Å². The lowest BCUT2D eigenvalue weighted by atomic mass is 9.88. The van der Waals surface area contributed by atoms with E-state index in [1.807, 2.05) is 30.3 Å². The van der Waals surface area contributed by atoms with Crippen LogP contribution in [0.1, 0.15) is 23.7 Å². The van der Waals surface area contributed by atoms with Gasteiger partial charge in [-0.3, -0.25) is 9.59 Å². The molecule has 210 valence electrons. The molecule has 11 nitrogen and oxygen atoms in total. The van der Waals surface area contributed by atoms with Crippen LogP contribution in [0.4, 0.5) is 0 Å². The van der Waals surface area contributed by atoms with Gasteiger partial charge in [0.2, 0.25) is 5.91 Å². The molecule has 0 spiro atoms. The van der Waals surface area contributed by atoms with E-state index in [9.17, 15) is 29.7 Å². The maximum Gasteiger partial charge on any atom is 0.366 e. The summed E-state index contributed by atoms with van der Waals surface area (Å²) in [6, 6.07) is 15.3. The number of methoxy groups -OCH3 is 1. The molecule has 11 heteroatoms. The summed E-state index contributed by atoms with van der Waals surface area (Å²) in [7, 11) is 1.10. The molecule has 2 aromatic carbocycles. The second-order valence-electron chi connectivity index (χ2n) is 9.14. The van der Waals surface area contributed by atoms with E-state index in [1.54, 1.807) is 24.3 Å². The number of aliphatic hydroxyl groups is 3. The minimum Gasteiger partial charge on any atom is -0.465 e. The molecule has 5 N–H and O–H groups in total. The first-order valence-electron chi connectivity index (χ1n) is 12.4. The van der Waals surface area contributed by atoms with Crippen molar-refractivity contribution in [2.75, 3.05) is 20.3 Å². The van der Waals surface area contributed by atoms with Gasteiger partial charge in [-0.25, -0.2) is 4.79 Å². The average molecular weight is 543 g/mol. The Morgan fingerprint density at radius 2 is 1.77 bits per heavy atom. The molecule has 1 fully saturated rings. The summed E-state index contributed by atoms with van der Waals surface area (Å²) in [5, 5.41) is 37.5. The molecule has 5 unspecified atom stereocenters. The van der Waals surface area contributed by atoms with Gasteiger partial charge in [0.05, 0.1) is 32.0 Å². The number of hydrogen-bond donors (Lipinski definition) is 5. The molecule has 0 saturated carbocycles. The normalized spacial score (nSPS) is 24.2. The van der Waals surface area contributed by atoms with Crippen LogP contribution in [0.2, 0.25) is 0 Å². The molecule has 6 atom stereocenters. The van der Waals surface area contributed by atoms with Gasteiger partial charge in [-0.1, -0.05) is 48.5 Å². The van der Waals surface area contributed by atoms with Crippen molar-refractivity contribution in [2.45, 2.75) is 49.6 Å². The first-order chi connectivity index (χ1) is 18.6. The maximum absolute atomic E-state index is 12.7. The highest BCUT2D eigenvalue weighted by Crippen LogP contribution is 2.34. The molecule has 1 aliphatic heterocycles.